The molecule has 1 aliphatic rings. The number of benzene rings is 1. The molecule has 1 aromatic heterocycles. The van der Waals surface area contributed by atoms with Gasteiger partial charge in [0, 0.05) is 36.7 Å². The minimum atomic E-state index is -0.677. The van der Waals surface area contributed by atoms with Crippen LogP contribution in [-0.2, 0) is 16.1 Å². The first kappa shape index (κ1) is 17.8. The van der Waals surface area contributed by atoms with E-state index in [-0.39, 0.29) is 24.0 Å². The van der Waals surface area contributed by atoms with E-state index in [0.29, 0.717) is 25.2 Å². The van der Waals surface area contributed by atoms with Crippen LogP contribution in [0.4, 0.5) is 5.69 Å². The lowest BCUT2D eigenvalue weighted by Gasteiger charge is -2.16. The SMILES string of the molecule is Cc1cc(C)n(CCNC(=O)[C@H]2CCN(c3ccccc3)C2=O)c(=O)n1. The molecule has 1 N–H and O–H groups in total. The summed E-state index contributed by atoms with van der Waals surface area (Å²) in [6, 6.07) is 11.2. The number of aromatic nitrogens is 2. The van der Waals surface area contributed by atoms with Gasteiger partial charge in [-0.15, -0.1) is 0 Å². The van der Waals surface area contributed by atoms with Gasteiger partial charge in [-0.25, -0.2) is 4.79 Å². The van der Waals surface area contributed by atoms with E-state index in [1.165, 1.54) is 4.57 Å². The molecule has 136 valence electrons. The number of anilines is 1. The molecule has 7 heteroatoms. The second kappa shape index (κ2) is 7.51. The normalized spacial score (nSPS) is 16.8. The monoisotopic (exact) mass is 354 g/mol. The summed E-state index contributed by atoms with van der Waals surface area (Å²) >= 11 is 0. The van der Waals surface area contributed by atoms with E-state index in [9.17, 15) is 14.4 Å². The van der Waals surface area contributed by atoms with Crippen molar-refractivity contribution >= 4 is 17.5 Å². The van der Waals surface area contributed by atoms with Crippen LogP contribution in [-0.4, -0.2) is 34.5 Å². The van der Waals surface area contributed by atoms with Crippen molar-refractivity contribution in [2.24, 2.45) is 5.92 Å². The van der Waals surface area contributed by atoms with Crippen LogP contribution in [0, 0.1) is 19.8 Å². The van der Waals surface area contributed by atoms with Gasteiger partial charge in [0.15, 0.2) is 0 Å². The zero-order valence-corrected chi connectivity index (χ0v) is 14.9. The maximum atomic E-state index is 12.5. The molecule has 2 amide bonds. The van der Waals surface area contributed by atoms with Gasteiger partial charge in [-0.3, -0.25) is 14.2 Å². The van der Waals surface area contributed by atoms with Gasteiger partial charge in [0.25, 0.3) is 0 Å². The number of carbonyl (C=O) groups is 2. The molecular weight excluding hydrogens is 332 g/mol. The van der Waals surface area contributed by atoms with Crippen molar-refractivity contribution in [3.05, 3.63) is 58.3 Å². The number of rotatable bonds is 5. The van der Waals surface area contributed by atoms with E-state index in [2.05, 4.69) is 10.3 Å². The highest BCUT2D eigenvalue weighted by Crippen LogP contribution is 2.24. The Morgan fingerprint density at radius 2 is 1.96 bits per heavy atom. The van der Waals surface area contributed by atoms with Crippen molar-refractivity contribution in [2.45, 2.75) is 26.8 Å². The average molecular weight is 354 g/mol. The maximum absolute atomic E-state index is 12.5. The predicted molar refractivity (Wildman–Crippen MR) is 97.9 cm³/mol. The summed E-state index contributed by atoms with van der Waals surface area (Å²) in [6.07, 6.45) is 0.491. The lowest BCUT2D eigenvalue weighted by molar-refractivity contribution is -0.132. The molecule has 1 fully saturated rings. The summed E-state index contributed by atoms with van der Waals surface area (Å²) in [6.45, 7) is 4.73. The molecule has 1 aliphatic heterocycles. The van der Waals surface area contributed by atoms with Crippen LogP contribution in [0.3, 0.4) is 0 Å². The Hall–Kier alpha value is -2.96. The Morgan fingerprint density at radius 3 is 2.65 bits per heavy atom. The molecule has 3 rings (SSSR count). The largest absolute Gasteiger partial charge is 0.354 e. The number of nitrogens with zero attached hydrogens (tertiary/aromatic N) is 3. The molecule has 1 saturated heterocycles. The molecule has 26 heavy (non-hydrogen) atoms. The highest BCUT2D eigenvalue weighted by Gasteiger charge is 2.37. The van der Waals surface area contributed by atoms with Crippen LogP contribution in [0.25, 0.3) is 0 Å². The van der Waals surface area contributed by atoms with Gasteiger partial charge in [0.2, 0.25) is 11.8 Å². The van der Waals surface area contributed by atoms with E-state index in [1.54, 1.807) is 11.8 Å². The van der Waals surface area contributed by atoms with Crippen molar-refractivity contribution in [3.8, 4) is 0 Å². The number of hydrogen-bond acceptors (Lipinski definition) is 4. The maximum Gasteiger partial charge on any atom is 0.348 e. The molecule has 2 aromatic rings. The minimum Gasteiger partial charge on any atom is -0.354 e. The van der Waals surface area contributed by atoms with E-state index in [4.69, 9.17) is 0 Å². The average Bonchev–Trinajstić information content (AvgIpc) is 2.99. The van der Waals surface area contributed by atoms with Gasteiger partial charge >= 0.3 is 5.69 Å². The Labute approximate surface area is 151 Å². The van der Waals surface area contributed by atoms with Crippen LogP contribution in [0.2, 0.25) is 0 Å². The number of para-hydroxylation sites is 1. The number of amides is 2. The quantitative estimate of drug-likeness (QED) is 0.813. The van der Waals surface area contributed by atoms with Crippen molar-refractivity contribution < 1.29 is 9.59 Å². The summed E-state index contributed by atoms with van der Waals surface area (Å²) in [7, 11) is 0. The summed E-state index contributed by atoms with van der Waals surface area (Å²) in [4.78, 5) is 42.4. The third-order valence-electron chi connectivity index (χ3n) is 4.57. The van der Waals surface area contributed by atoms with Crippen molar-refractivity contribution in [3.63, 3.8) is 0 Å². The minimum absolute atomic E-state index is 0.181. The van der Waals surface area contributed by atoms with Crippen LogP contribution >= 0.6 is 0 Å². The Kier molecular flexibility index (Phi) is 5.16. The molecule has 0 unspecified atom stereocenters. The first-order valence-corrected chi connectivity index (χ1v) is 8.66. The number of aryl methyl sites for hydroxylation is 2. The first-order chi connectivity index (χ1) is 12.5. The van der Waals surface area contributed by atoms with E-state index < -0.39 is 5.92 Å². The van der Waals surface area contributed by atoms with Gasteiger partial charge in [-0.05, 0) is 38.5 Å². The molecule has 0 spiro atoms. The van der Waals surface area contributed by atoms with Crippen molar-refractivity contribution in [1.29, 1.82) is 0 Å². The highest BCUT2D eigenvalue weighted by molar-refractivity contribution is 6.09. The summed E-state index contributed by atoms with van der Waals surface area (Å²) in [5.74, 6) is -1.15. The third kappa shape index (κ3) is 3.66. The molecule has 0 aliphatic carbocycles. The lowest BCUT2D eigenvalue weighted by Crippen LogP contribution is -2.39. The fourth-order valence-electron chi connectivity index (χ4n) is 3.25. The molecule has 7 nitrogen and oxygen atoms in total. The number of carbonyl (C=O) groups excluding carboxylic acids is 2. The Morgan fingerprint density at radius 1 is 1.23 bits per heavy atom. The molecule has 1 atom stereocenters. The summed E-state index contributed by atoms with van der Waals surface area (Å²) in [5.41, 5.74) is 1.94. The first-order valence-electron chi connectivity index (χ1n) is 8.66. The lowest BCUT2D eigenvalue weighted by atomic mass is 10.1. The summed E-state index contributed by atoms with van der Waals surface area (Å²) < 4.78 is 1.51. The fourth-order valence-corrected chi connectivity index (χ4v) is 3.25. The zero-order chi connectivity index (χ0) is 18.7. The van der Waals surface area contributed by atoms with E-state index in [0.717, 1.165) is 11.4 Å². The number of nitrogens with one attached hydrogen (secondary N) is 1. The molecule has 0 bridgehead atoms. The standard InChI is InChI=1S/C19H22N4O3/c1-13-12-14(2)22(19(26)21-13)11-9-20-17(24)16-8-10-23(18(16)25)15-6-4-3-5-7-15/h3-7,12,16H,8-11H2,1-2H3,(H,20,24)/t16-/m1/s1. The predicted octanol–water partition coefficient (Wildman–Crippen LogP) is 1.03. The number of hydrogen-bond donors (Lipinski definition) is 1. The molecule has 1 aromatic carbocycles. The van der Waals surface area contributed by atoms with Gasteiger partial charge < -0.3 is 10.2 Å². The van der Waals surface area contributed by atoms with Gasteiger partial charge in [0.05, 0.1) is 0 Å². The van der Waals surface area contributed by atoms with Gasteiger partial charge in [0.1, 0.15) is 5.92 Å². The van der Waals surface area contributed by atoms with Crippen LogP contribution in [0.1, 0.15) is 17.8 Å². The van der Waals surface area contributed by atoms with Crippen LogP contribution in [0.15, 0.2) is 41.2 Å². The van der Waals surface area contributed by atoms with E-state index >= 15 is 0 Å². The zero-order valence-electron chi connectivity index (χ0n) is 14.9. The van der Waals surface area contributed by atoms with E-state index in [1.807, 2.05) is 43.3 Å². The molecule has 0 saturated carbocycles. The smallest absolute Gasteiger partial charge is 0.348 e. The topological polar surface area (TPSA) is 84.3 Å². The molecular formula is C19H22N4O3. The second-order valence-electron chi connectivity index (χ2n) is 6.43. The van der Waals surface area contributed by atoms with Gasteiger partial charge in [-0.2, -0.15) is 4.98 Å². The van der Waals surface area contributed by atoms with Gasteiger partial charge in [-0.1, -0.05) is 18.2 Å². The van der Waals surface area contributed by atoms with Crippen molar-refractivity contribution in [1.82, 2.24) is 14.9 Å². The van der Waals surface area contributed by atoms with Crippen LogP contribution in [0.5, 0.6) is 0 Å². The second-order valence-corrected chi connectivity index (χ2v) is 6.43. The van der Waals surface area contributed by atoms with Crippen molar-refractivity contribution in [2.75, 3.05) is 18.0 Å². The Bertz CT molecular complexity index is 876. The Balaban J connectivity index is 1.58. The molecule has 2 heterocycles. The fraction of sp³-hybridized carbons (Fsp3) is 0.368. The highest BCUT2D eigenvalue weighted by atomic mass is 16.2. The van der Waals surface area contributed by atoms with Crippen LogP contribution < -0.4 is 15.9 Å². The third-order valence-corrected chi connectivity index (χ3v) is 4.57. The molecule has 0 radical (unpaired) electrons. The summed E-state index contributed by atoms with van der Waals surface area (Å²) in [5, 5.41) is 2.77.